The number of anilines is 1. The van der Waals surface area contributed by atoms with Crippen LogP contribution < -0.4 is 5.32 Å². The predicted molar refractivity (Wildman–Crippen MR) is 102 cm³/mol. The summed E-state index contributed by atoms with van der Waals surface area (Å²) in [7, 11) is 0. The number of aromatic nitrogens is 3. The first-order valence-corrected chi connectivity index (χ1v) is 8.74. The van der Waals surface area contributed by atoms with Gasteiger partial charge < -0.3 is 5.32 Å². The quantitative estimate of drug-likeness (QED) is 0.526. The fourth-order valence-electron chi connectivity index (χ4n) is 3.02. The first-order chi connectivity index (χ1) is 13.9. The van der Waals surface area contributed by atoms with E-state index in [1.807, 2.05) is 0 Å². The zero-order chi connectivity index (χ0) is 20.5. The maximum absolute atomic E-state index is 13.6. The number of nitrogens with zero attached hydrogens (tertiary/aromatic N) is 3. The van der Waals surface area contributed by atoms with Crippen molar-refractivity contribution in [2.75, 3.05) is 5.32 Å². The van der Waals surface area contributed by atoms with Crippen LogP contribution >= 0.6 is 0 Å². The molecule has 0 unspecified atom stereocenters. The van der Waals surface area contributed by atoms with E-state index in [9.17, 15) is 18.0 Å². The minimum Gasteiger partial charge on any atom is -0.322 e. The van der Waals surface area contributed by atoms with Gasteiger partial charge in [-0.3, -0.25) is 4.79 Å². The number of fused-ring (bicyclic) bond motifs is 1. The van der Waals surface area contributed by atoms with Crippen molar-refractivity contribution in [1.29, 1.82) is 0 Å². The first kappa shape index (κ1) is 18.7. The number of hydrogen-bond donors (Lipinski definition) is 1. The van der Waals surface area contributed by atoms with E-state index >= 15 is 0 Å². The number of nitrogens with one attached hydrogen (secondary N) is 1. The van der Waals surface area contributed by atoms with E-state index in [0.717, 1.165) is 4.52 Å². The highest BCUT2D eigenvalue weighted by Crippen LogP contribution is 2.27. The number of amides is 1. The van der Waals surface area contributed by atoms with E-state index in [2.05, 4.69) is 15.4 Å². The smallest absolute Gasteiger partial charge is 0.280 e. The lowest BCUT2D eigenvalue weighted by Crippen LogP contribution is -2.13. The highest BCUT2D eigenvalue weighted by molar-refractivity contribution is 6.08. The summed E-state index contributed by atoms with van der Waals surface area (Å²) < 4.78 is 41.5. The Bertz CT molecular complexity index is 1210. The SMILES string of the molecule is Cc1cc(F)ccc1NC(=O)c1cnn2c(C(F)F)cc(-c3ccccc3)nc12. The van der Waals surface area contributed by atoms with Crippen LogP contribution in [0.5, 0.6) is 0 Å². The van der Waals surface area contributed by atoms with Gasteiger partial charge in [-0.15, -0.1) is 0 Å². The molecule has 0 radical (unpaired) electrons. The molecule has 1 amide bonds. The minimum atomic E-state index is -2.81. The summed E-state index contributed by atoms with van der Waals surface area (Å²) in [5.41, 5.74) is 1.56. The number of rotatable bonds is 4. The van der Waals surface area contributed by atoms with Gasteiger partial charge >= 0.3 is 0 Å². The predicted octanol–water partition coefficient (Wildman–Crippen LogP) is 5.03. The molecule has 0 aliphatic rings. The second-order valence-electron chi connectivity index (χ2n) is 6.44. The van der Waals surface area contributed by atoms with Crippen LogP contribution in [0.15, 0.2) is 60.8 Å². The lowest BCUT2D eigenvalue weighted by Gasteiger charge is -2.10. The molecule has 5 nitrogen and oxygen atoms in total. The standard InChI is InChI=1S/C21H15F3N4O/c1-12-9-14(22)7-8-16(12)27-21(29)15-11-25-28-18(19(23)24)10-17(26-20(15)28)13-5-3-2-4-6-13/h2-11,19H,1H3,(H,27,29). The van der Waals surface area contributed by atoms with Crippen LogP contribution in [-0.2, 0) is 0 Å². The summed E-state index contributed by atoms with van der Waals surface area (Å²) in [4.78, 5) is 17.2. The third kappa shape index (κ3) is 3.56. The molecule has 0 saturated heterocycles. The van der Waals surface area contributed by atoms with Crippen molar-refractivity contribution in [3.8, 4) is 11.3 Å². The van der Waals surface area contributed by atoms with Gasteiger partial charge in [0.25, 0.3) is 12.3 Å². The molecule has 0 aliphatic heterocycles. The van der Waals surface area contributed by atoms with Crippen LogP contribution in [0.3, 0.4) is 0 Å². The van der Waals surface area contributed by atoms with E-state index in [4.69, 9.17) is 0 Å². The van der Waals surface area contributed by atoms with Crippen molar-refractivity contribution >= 4 is 17.2 Å². The van der Waals surface area contributed by atoms with Crippen molar-refractivity contribution in [3.05, 3.63) is 83.4 Å². The highest BCUT2D eigenvalue weighted by Gasteiger charge is 2.22. The first-order valence-electron chi connectivity index (χ1n) is 8.74. The van der Waals surface area contributed by atoms with Crippen LogP contribution in [-0.4, -0.2) is 20.5 Å². The number of alkyl halides is 2. The molecule has 2 aromatic heterocycles. The second-order valence-corrected chi connectivity index (χ2v) is 6.44. The van der Waals surface area contributed by atoms with Crippen LogP contribution in [0.1, 0.15) is 28.0 Å². The minimum absolute atomic E-state index is 0.0129. The molecule has 0 atom stereocenters. The van der Waals surface area contributed by atoms with Crippen LogP contribution in [0.4, 0.5) is 18.9 Å². The third-order valence-electron chi connectivity index (χ3n) is 4.47. The van der Waals surface area contributed by atoms with Crippen molar-refractivity contribution in [1.82, 2.24) is 14.6 Å². The van der Waals surface area contributed by atoms with E-state index in [-0.39, 0.29) is 16.9 Å². The zero-order valence-electron chi connectivity index (χ0n) is 15.2. The average Bonchev–Trinajstić information content (AvgIpc) is 3.14. The number of carbonyl (C=O) groups is 1. The fraction of sp³-hybridized carbons (Fsp3) is 0.0952. The molecule has 2 aromatic carbocycles. The largest absolute Gasteiger partial charge is 0.322 e. The van der Waals surface area contributed by atoms with E-state index in [0.29, 0.717) is 22.5 Å². The molecule has 0 bridgehead atoms. The lowest BCUT2D eigenvalue weighted by atomic mass is 10.1. The van der Waals surface area contributed by atoms with Gasteiger partial charge in [0.15, 0.2) is 5.65 Å². The Balaban J connectivity index is 1.80. The Morgan fingerprint density at radius 1 is 1.10 bits per heavy atom. The molecule has 146 valence electrons. The Morgan fingerprint density at radius 2 is 1.86 bits per heavy atom. The number of benzene rings is 2. The monoisotopic (exact) mass is 396 g/mol. The molecule has 4 aromatic rings. The van der Waals surface area contributed by atoms with E-state index in [1.165, 1.54) is 30.5 Å². The van der Waals surface area contributed by atoms with Gasteiger partial charge in [-0.05, 0) is 36.8 Å². The Labute approximate surface area is 163 Å². The van der Waals surface area contributed by atoms with Crippen molar-refractivity contribution in [2.45, 2.75) is 13.3 Å². The molecular weight excluding hydrogens is 381 g/mol. The summed E-state index contributed by atoms with van der Waals surface area (Å²) in [6.45, 7) is 1.65. The van der Waals surface area contributed by atoms with Crippen molar-refractivity contribution < 1.29 is 18.0 Å². The number of carbonyl (C=O) groups excluding carboxylic acids is 1. The topological polar surface area (TPSA) is 59.3 Å². The van der Waals surface area contributed by atoms with Gasteiger partial charge in [-0.2, -0.15) is 5.10 Å². The maximum Gasteiger partial charge on any atom is 0.280 e. The number of hydrogen-bond acceptors (Lipinski definition) is 3. The molecule has 0 spiro atoms. The molecule has 8 heteroatoms. The van der Waals surface area contributed by atoms with Gasteiger partial charge in [0.1, 0.15) is 17.1 Å². The Morgan fingerprint density at radius 3 is 2.55 bits per heavy atom. The Kier molecular flexibility index (Phi) is 4.75. The summed E-state index contributed by atoms with van der Waals surface area (Å²) in [6.07, 6.45) is -1.62. The third-order valence-corrected chi connectivity index (χ3v) is 4.47. The summed E-state index contributed by atoms with van der Waals surface area (Å²) in [5, 5.41) is 6.58. The average molecular weight is 396 g/mol. The van der Waals surface area contributed by atoms with E-state index < -0.39 is 18.1 Å². The summed E-state index contributed by atoms with van der Waals surface area (Å²) in [6, 6.07) is 14.0. The second kappa shape index (κ2) is 7.38. The number of aryl methyl sites for hydroxylation is 1. The Hall–Kier alpha value is -3.68. The fourth-order valence-corrected chi connectivity index (χ4v) is 3.02. The van der Waals surface area contributed by atoms with Gasteiger partial charge in [0.2, 0.25) is 0 Å². The molecule has 0 fully saturated rings. The van der Waals surface area contributed by atoms with Crippen LogP contribution in [0, 0.1) is 12.7 Å². The zero-order valence-corrected chi connectivity index (χ0v) is 15.2. The van der Waals surface area contributed by atoms with Gasteiger partial charge in [0.05, 0.1) is 11.9 Å². The van der Waals surface area contributed by atoms with Crippen LogP contribution in [0.25, 0.3) is 16.9 Å². The molecule has 4 rings (SSSR count). The molecular formula is C21H15F3N4O. The van der Waals surface area contributed by atoms with Crippen molar-refractivity contribution in [3.63, 3.8) is 0 Å². The molecule has 1 N–H and O–H groups in total. The van der Waals surface area contributed by atoms with Gasteiger partial charge in [-0.1, -0.05) is 30.3 Å². The maximum atomic E-state index is 13.6. The molecule has 29 heavy (non-hydrogen) atoms. The molecule has 2 heterocycles. The van der Waals surface area contributed by atoms with Crippen molar-refractivity contribution in [2.24, 2.45) is 0 Å². The highest BCUT2D eigenvalue weighted by atomic mass is 19.3. The molecule has 0 aliphatic carbocycles. The summed E-state index contributed by atoms with van der Waals surface area (Å²) in [5.74, 6) is -1.00. The van der Waals surface area contributed by atoms with E-state index in [1.54, 1.807) is 37.3 Å². The lowest BCUT2D eigenvalue weighted by molar-refractivity contribution is 0.102. The van der Waals surface area contributed by atoms with Gasteiger partial charge in [0, 0.05) is 11.3 Å². The van der Waals surface area contributed by atoms with Gasteiger partial charge in [-0.25, -0.2) is 22.7 Å². The number of halogens is 3. The molecule has 0 saturated carbocycles. The van der Waals surface area contributed by atoms with Crippen LogP contribution in [0.2, 0.25) is 0 Å². The summed E-state index contributed by atoms with van der Waals surface area (Å²) >= 11 is 0. The normalized spacial score (nSPS) is 11.2.